The van der Waals surface area contributed by atoms with Gasteiger partial charge in [0.25, 0.3) is 0 Å². The fraction of sp³-hybridized carbons (Fsp3) is 0.235. The number of rotatable bonds is 10. The molecule has 0 bridgehead atoms. The Labute approximate surface area is 245 Å². The van der Waals surface area contributed by atoms with E-state index in [9.17, 15) is 9.90 Å². The van der Waals surface area contributed by atoms with Crippen molar-refractivity contribution in [3.05, 3.63) is 103 Å². The van der Waals surface area contributed by atoms with Crippen LogP contribution in [0.25, 0.3) is 33.7 Å². The number of piperazine rings is 1. The normalized spacial score (nSPS) is 15.0. The lowest BCUT2D eigenvalue weighted by molar-refractivity contribution is -0.117. The lowest BCUT2D eigenvalue weighted by atomic mass is 10.1. The third-order valence-corrected chi connectivity index (χ3v) is 7.38. The van der Waals surface area contributed by atoms with E-state index >= 15 is 0 Å². The zero-order chi connectivity index (χ0) is 28.7. The molecule has 42 heavy (non-hydrogen) atoms. The molecule has 0 spiro atoms. The second-order valence-corrected chi connectivity index (χ2v) is 10.6. The van der Waals surface area contributed by atoms with Crippen LogP contribution in [0.5, 0.6) is 5.75 Å². The van der Waals surface area contributed by atoms with Crippen LogP contribution >= 0.6 is 0 Å². The molecule has 8 heteroatoms. The number of nitrogens with one attached hydrogen (secondary N) is 1. The second kappa shape index (κ2) is 13.0. The summed E-state index contributed by atoms with van der Waals surface area (Å²) in [6.07, 6.45) is -0.635. The SMILES string of the molecule is O=C(CN1CCN(C[C@H](O)COc2ccc3oc(-c4ccccc4)nc3c2)CC1)Nc1cccc(-c2ccccc2)c1. The first-order chi connectivity index (χ1) is 20.6. The van der Waals surface area contributed by atoms with Gasteiger partial charge in [0.05, 0.1) is 6.54 Å². The van der Waals surface area contributed by atoms with Crippen LogP contribution in [0.15, 0.2) is 108 Å². The van der Waals surface area contributed by atoms with Crippen LogP contribution in [-0.4, -0.2) is 77.8 Å². The molecule has 0 unspecified atom stereocenters. The van der Waals surface area contributed by atoms with Gasteiger partial charge in [-0.3, -0.25) is 14.6 Å². The number of β-amino-alcohol motifs (C(OH)–C–C–N with tert-alkyl or cyclic N) is 1. The third kappa shape index (κ3) is 7.03. The fourth-order valence-corrected chi connectivity index (χ4v) is 5.19. The van der Waals surface area contributed by atoms with E-state index in [0.717, 1.165) is 48.6 Å². The quantitative estimate of drug-likeness (QED) is 0.243. The van der Waals surface area contributed by atoms with Crippen LogP contribution in [0.2, 0.25) is 0 Å². The number of aliphatic hydroxyl groups excluding tert-OH is 1. The maximum absolute atomic E-state index is 12.7. The van der Waals surface area contributed by atoms with Gasteiger partial charge in [-0.15, -0.1) is 0 Å². The Balaban J connectivity index is 0.932. The fourth-order valence-electron chi connectivity index (χ4n) is 5.19. The second-order valence-electron chi connectivity index (χ2n) is 10.6. The number of carbonyl (C=O) groups excluding carboxylic acids is 1. The standard InChI is InChI=1S/C34H34N4O4/c39-29(24-41-30-14-15-32-31(21-30)36-34(42-32)26-10-5-2-6-11-26)22-37-16-18-38(19-17-37)23-33(40)35-28-13-7-12-27(20-28)25-8-3-1-4-9-25/h1-15,20-21,29,39H,16-19,22-24H2,(H,35,40)/t29-/m0/s1. The molecular weight excluding hydrogens is 528 g/mol. The Hall–Kier alpha value is -4.50. The van der Waals surface area contributed by atoms with Gasteiger partial charge in [0.2, 0.25) is 11.8 Å². The predicted molar refractivity (Wildman–Crippen MR) is 164 cm³/mol. The molecule has 1 saturated heterocycles. The summed E-state index contributed by atoms with van der Waals surface area (Å²) in [4.78, 5) is 21.7. The van der Waals surface area contributed by atoms with Crippen molar-refractivity contribution >= 4 is 22.7 Å². The summed E-state index contributed by atoms with van der Waals surface area (Å²) in [7, 11) is 0. The summed E-state index contributed by atoms with van der Waals surface area (Å²) in [5, 5.41) is 13.7. The van der Waals surface area contributed by atoms with Crippen molar-refractivity contribution in [2.24, 2.45) is 0 Å². The molecule has 1 aromatic heterocycles. The summed E-state index contributed by atoms with van der Waals surface area (Å²) in [5.41, 5.74) is 5.30. The maximum Gasteiger partial charge on any atom is 0.238 e. The van der Waals surface area contributed by atoms with Gasteiger partial charge in [0.15, 0.2) is 5.58 Å². The lowest BCUT2D eigenvalue weighted by Gasteiger charge is -2.35. The van der Waals surface area contributed by atoms with Crippen LogP contribution in [-0.2, 0) is 4.79 Å². The molecule has 1 aliphatic rings. The summed E-state index contributed by atoms with van der Waals surface area (Å²) >= 11 is 0. The smallest absolute Gasteiger partial charge is 0.238 e. The van der Waals surface area contributed by atoms with E-state index in [4.69, 9.17) is 9.15 Å². The molecule has 8 nitrogen and oxygen atoms in total. The van der Waals surface area contributed by atoms with E-state index < -0.39 is 6.10 Å². The number of hydrogen-bond acceptors (Lipinski definition) is 7. The summed E-state index contributed by atoms with van der Waals surface area (Å²) in [6, 6.07) is 33.3. The summed E-state index contributed by atoms with van der Waals surface area (Å²) in [6.45, 7) is 4.11. The van der Waals surface area contributed by atoms with Gasteiger partial charge in [0, 0.05) is 50.0 Å². The lowest BCUT2D eigenvalue weighted by Crippen LogP contribution is -2.50. The first-order valence-electron chi connectivity index (χ1n) is 14.3. The number of aromatic nitrogens is 1. The van der Waals surface area contributed by atoms with Crippen LogP contribution in [0, 0.1) is 0 Å². The average molecular weight is 563 g/mol. The number of carbonyl (C=O) groups is 1. The molecule has 1 fully saturated rings. The molecule has 214 valence electrons. The largest absolute Gasteiger partial charge is 0.491 e. The van der Waals surface area contributed by atoms with Crippen molar-refractivity contribution in [3.8, 4) is 28.3 Å². The molecule has 1 atom stereocenters. The number of oxazole rings is 1. The number of hydrogen-bond donors (Lipinski definition) is 2. The van der Waals surface area contributed by atoms with E-state index in [0.29, 0.717) is 35.8 Å². The molecule has 0 saturated carbocycles. The van der Waals surface area contributed by atoms with Gasteiger partial charge in [-0.05, 0) is 47.5 Å². The van der Waals surface area contributed by atoms with Gasteiger partial charge < -0.3 is 19.6 Å². The molecule has 1 aliphatic heterocycles. The Morgan fingerprint density at radius 3 is 2.29 bits per heavy atom. The van der Waals surface area contributed by atoms with Gasteiger partial charge >= 0.3 is 0 Å². The molecule has 5 aromatic rings. The van der Waals surface area contributed by atoms with Crippen molar-refractivity contribution in [2.75, 3.05) is 51.2 Å². The average Bonchev–Trinajstić information content (AvgIpc) is 3.46. The number of benzene rings is 4. The van der Waals surface area contributed by atoms with Crippen LogP contribution in [0.3, 0.4) is 0 Å². The van der Waals surface area contributed by atoms with Gasteiger partial charge in [-0.1, -0.05) is 60.7 Å². The molecule has 2 heterocycles. The van der Waals surface area contributed by atoms with Gasteiger partial charge in [-0.2, -0.15) is 0 Å². The molecule has 0 radical (unpaired) electrons. The Morgan fingerprint density at radius 2 is 1.52 bits per heavy atom. The zero-order valence-electron chi connectivity index (χ0n) is 23.4. The van der Waals surface area contributed by atoms with Crippen molar-refractivity contribution in [2.45, 2.75) is 6.10 Å². The Morgan fingerprint density at radius 1 is 0.833 bits per heavy atom. The highest BCUT2D eigenvalue weighted by molar-refractivity contribution is 5.93. The molecular formula is C34H34N4O4. The Bertz CT molecular complexity index is 1620. The van der Waals surface area contributed by atoms with Crippen LogP contribution in [0.1, 0.15) is 0 Å². The van der Waals surface area contributed by atoms with E-state index in [-0.39, 0.29) is 12.5 Å². The minimum Gasteiger partial charge on any atom is -0.491 e. The number of anilines is 1. The Kier molecular flexibility index (Phi) is 8.56. The highest BCUT2D eigenvalue weighted by Crippen LogP contribution is 2.27. The van der Waals surface area contributed by atoms with Gasteiger partial charge in [-0.25, -0.2) is 4.98 Å². The third-order valence-electron chi connectivity index (χ3n) is 7.38. The van der Waals surface area contributed by atoms with Gasteiger partial charge in [0.1, 0.15) is 24.0 Å². The molecule has 1 amide bonds. The molecule has 6 rings (SSSR count). The van der Waals surface area contributed by atoms with E-state index in [1.807, 2.05) is 91.0 Å². The van der Waals surface area contributed by atoms with E-state index in [1.165, 1.54) is 0 Å². The highest BCUT2D eigenvalue weighted by Gasteiger charge is 2.21. The predicted octanol–water partition coefficient (Wildman–Crippen LogP) is 5.16. The highest BCUT2D eigenvalue weighted by atomic mass is 16.5. The van der Waals surface area contributed by atoms with Crippen molar-refractivity contribution < 1.29 is 19.1 Å². The molecule has 4 aromatic carbocycles. The topological polar surface area (TPSA) is 91.1 Å². The maximum atomic E-state index is 12.7. The first kappa shape index (κ1) is 27.7. The van der Waals surface area contributed by atoms with E-state index in [1.54, 1.807) is 0 Å². The monoisotopic (exact) mass is 562 g/mol. The minimum absolute atomic E-state index is 0.0259. The number of nitrogens with zero attached hydrogens (tertiary/aromatic N) is 3. The number of ether oxygens (including phenoxy) is 1. The van der Waals surface area contributed by atoms with Crippen molar-refractivity contribution in [3.63, 3.8) is 0 Å². The van der Waals surface area contributed by atoms with Crippen LogP contribution < -0.4 is 10.1 Å². The number of aliphatic hydroxyl groups is 1. The number of fused-ring (bicyclic) bond motifs is 1. The van der Waals surface area contributed by atoms with Crippen molar-refractivity contribution in [1.82, 2.24) is 14.8 Å². The summed E-state index contributed by atoms with van der Waals surface area (Å²) < 4.78 is 11.7. The van der Waals surface area contributed by atoms with Crippen LogP contribution in [0.4, 0.5) is 5.69 Å². The minimum atomic E-state index is -0.635. The molecule has 0 aliphatic carbocycles. The molecule has 2 N–H and O–H groups in total. The van der Waals surface area contributed by atoms with Crippen molar-refractivity contribution in [1.29, 1.82) is 0 Å². The summed E-state index contributed by atoms with van der Waals surface area (Å²) in [5.74, 6) is 1.18. The number of amides is 1. The van der Waals surface area contributed by atoms with E-state index in [2.05, 4.69) is 32.2 Å². The zero-order valence-corrected chi connectivity index (χ0v) is 23.4. The first-order valence-corrected chi connectivity index (χ1v) is 14.3.